The fraction of sp³-hybridized carbons (Fsp3) is 0.391. The highest BCUT2D eigenvalue weighted by atomic mass is 16.5. The third kappa shape index (κ3) is 3.92. The van der Waals surface area contributed by atoms with Crippen molar-refractivity contribution < 1.29 is 14.3 Å². The second-order valence-electron chi connectivity index (χ2n) is 7.63. The number of amides is 2. The van der Waals surface area contributed by atoms with Crippen LogP contribution in [-0.2, 0) is 4.79 Å². The fourth-order valence-electron chi connectivity index (χ4n) is 4.09. The number of para-hydroxylation sites is 2. The van der Waals surface area contributed by atoms with Gasteiger partial charge < -0.3 is 19.4 Å². The first-order valence-electron chi connectivity index (χ1n) is 10.2. The van der Waals surface area contributed by atoms with Crippen molar-refractivity contribution in [3.8, 4) is 5.75 Å². The lowest BCUT2D eigenvalue weighted by Crippen LogP contribution is -2.46. The molecule has 0 aromatic heterocycles. The molecule has 0 radical (unpaired) electrons. The number of carbonyl (C=O) groups excluding carboxylic acids is 2. The van der Waals surface area contributed by atoms with Crippen molar-refractivity contribution in [1.29, 1.82) is 0 Å². The van der Waals surface area contributed by atoms with E-state index in [1.165, 1.54) is 0 Å². The van der Waals surface area contributed by atoms with Gasteiger partial charge >= 0.3 is 0 Å². The zero-order valence-corrected chi connectivity index (χ0v) is 17.0. The van der Waals surface area contributed by atoms with Gasteiger partial charge in [0.2, 0.25) is 5.91 Å². The van der Waals surface area contributed by atoms with E-state index >= 15 is 0 Å². The summed E-state index contributed by atoms with van der Waals surface area (Å²) < 4.78 is 6.14. The summed E-state index contributed by atoms with van der Waals surface area (Å²) in [5.41, 5.74) is 2.58. The lowest BCUT2D eigenvalue weighted by atomic mass is 10.1. The van der Waals surface area contributed by atoms with Crippen LogP contribution in [0, 0.1) is 0 Å². The quantitative estimate of drug-likeness (QED) is 0.783. The molecular formula is C23H27N3O3. The minimum absolute atomic E-state index is 0.0465. The summed E-state index contributed by atoms with van der Waals surface area (Å²) in [6, 6.07) is 15.3. The number of carbonyl (C=O) groups is 2. The molecular weight excluding hydrogens is 366 g/mol. The summed E-state index contributed by atoms with van der Waals surface area (Å²) in [5.74, 6) is 0.970. The van der Waals surface area contributed by atoms with Crippen LogP contribution in [0.15, 0.2) is 48.5 Å². The van der Waals surface area contributed by atoms with Crippen molar-refractivity contribution in [3.05, 3.63) is 54.1 Å². The third-order valence-electron chi connectivity index (χ3n) is 5.63. The summed E-state index contributed by atoms with van der Waals surface area (Å²) in [4.78, 5) is 30.6. The molecule has 1 saturated heterocycles. The molecule has 1 atom stereocenters. The predicted molar refractivity (Wildman–Crippen MR) is 114 cm³/mol. The van der Waals surface area contributed by atoms with E-state index in [0.29, 0.717) is 18.5 Å². The maximum atomic E-state index is 12.9. The van der Waals surface area contributed by atoms with Gasteiger partial charge in [-0.1, -0.05) is 12.1 Å². The summed E-state index contributed by atoms with van der Waals surface area (Å²) in [6.45, 7) is 5.03. The van der Waals surface area contributed by atoms with Gasteiger partial charge in [0, 0.05) is 37.8 Å². The predicted octanol–water partition coefficient (Wildman–Crippen LogP) is 3.17. The maximum absolute atomic E-state index is 12.9. The molecule has 152 valence electrons. The highest BCUT2D eigenvalue weighted by Gasteiger charge is 2.27. The van der Waals surface area contributed by atoms with E-state index in [-0.39, 0.29) is 17.9 Å². The molecule has 0 bridgehead atoms. The van der Waals surface area contributed by atoms with Crippen molar-refractivity contribution in [2.75, 3.05) is 43.0 Å². The molecule has 2 aliphatic heterocycles. The Morgan fingerprint density at radius 2 is 1.93 bits per heavy atom. The van der Waals surface area contributed by atoms with Crippen molar-refractivity contribution in [2.24, 2.45) is 0 Å². The number of fused-ring (bicyclic) bond motifs is 1. The molecule has 0 unspecified atom stereocenters. The summed E-state index contributed by atoms with van der Waals surface area (Å²) in [5, 5.41) is 0. The molecule has 0 spiro atoms. The number of nitrogens with zero attached hydrogens (tertiary/aromatic N) is 3. The summed E-state index contributed by atoms with van der Waals surface area (Å²) in [7, 11) is 1.81. The first kappa shape index (κ1) is 19.3. The Hall–Kier alpha value is -3.02. The monoisotopic (exact) mass is 393 g/mol. The van der Waals surface area contributed by atoms with Gasteiger partial charge in [-0.25, -0.2) is 0 Å². The zero-order chi connectivity index (χ0) is 20.4. The Bertz CT molecular complexity index is 896. The molecule has 4 rings (SSSR count). The Labute approximate surface area is 171 Å². The molecule has 0 saturated carbocycles. The molecule has 2 aliphatic rings. The SMILES string of the molecule is CCN1C[C@H](CN(C)C(=O)c2ccc(N3CCCC3=O)cc2)Oc2ccccc21. The van der Waals surface area contributed by atoms with Crippen LogP contribution in [0.3, 0.4) is 0 Å². The van der Waals surface area contributed by atoms with E-state index < -0.39 is 0 Å². The maximum Gasteiger partial charge on any atom is 0.253 e. The Kier molecular flexibility index (Phi) is 5.43. The van der Waals surface area contributed by atoms with Crippen LogP contribution in [0.4, 0.5) is 11.4 Å². The van der Waals surface area contributed by atoms with Gasteiger partial charge in [0.15, 0.2) is 0 Å². The highest BCUT2D eigenvalue weighted by molar-refractivity contribution is 5.97. The second-order valence-corrected chi connectivity index (χ2v) is 7.63. The molecule has 2 amide bonds. The highest BCUT2D eigenvalue weighted by Crippen LogP contribution is 2.33. The van der Waals surface area contributed by atoms with Crippen LogP contribution >= 0.6 is 0 Å². The van der Waals surface area contributed by atoms with Crippen molar-refractivity contribution in [2.45, 2.75) is 25.9 Å². The topological polar surface area (TPSA) is 53.1 Å². The molecule has 6 nitrogen and oxygen atoms in total. The average molecular weight is 393 g/mol. The Balaban J connectivity index is 1.41. The van der Waals surface area contributed by atoms with Crippen LogP contribution in [0.25, 0.3) is 0 Å². The number of benzene rings is 2. The molecule has 0 aliphatic carbocycles. The van der Waals surface area contributed by atoms with Crippen molar-refractivity contribution >= 4 is 23.2 Å². The number of rotatable bonds is 5. The normalized spacial score (nSPS) is 18.4. The van der Waals surface area contributed by atoms with Gasteiger partial charge in [-0.05, 0) is 49.7 Å². The minimum Gasteiger partial charge on any atom is -0.485 e. The van der Waals surface area contributed by atoms with Crippen LogP contribution in [0.1, 0.15) is 30.1 Å². The van der Waals surface area contributed by atoms with Crippen LogP contribution in [-0.4, -0.2) is 56.0 Å². The van der Waals surface area contributed by atoms with E-state index in [2.05, 4.69) is 17.9 Å². The minimum atomic E-state index is -0.0831. The lowest BCUT2D eigenvalue weighted by molar-refractivity contribution is -0.117. The smallest absolute Gasteiger partial charge is 0.253 e. The summed E-state index contributed by atoms with van der Waals surface area (Å²) in [6.07, 6.45) is 1.41. The van der Waals surface area contributed by atoms with E-state index in [9.17, 15) is 9.59 Å². The number of likely N-dealkylation sites (N-methyl/N-ethyl adjacent to an activating group) is 2. The third-order valence-corrected chi connectivity index (χ3v) is 5.63. The van der Waals surface area contributed by atoms with Gasteiger partial charge in [-0.3, -0.25) is 9.59 Å². The molecule has 2 aromatic carbocycles. The Morgan fingerprint density at radius 1 is 1.17 bits per heavy atom. The molecule has 6 heteroatoms. The lowest BCUT2D eigenvalue weighted by Gasteiger charge is -2.37. The van der Waals surface area contributed by atoms with Crippen LogP contribution < -0.4 is 14.5 Å². The number of ether oxygens (including phenoxy) is 1. The van der Waals surface area contributed by atoms with E-state index in [1.54, 1.807) is 29.0 Å². The van der Waals surface area contributed by atoms with Crippen LogP contribution in [0.2, 0.25) is 0 Å². The van der Waals surface area contributed by atoms with Crippen LogP contribution in [0.5, 0.6) is 5.75 Å². The van der Waals surface area contributed by atoms with Crippen molar-refractivity contribution in [1.82, 2.24) is 4.90 Å². The van der Waals surface area contributed by atoms with Crippen molar-refractivity contribution in [3.63, 3.8) is 0 Å². The molecule has 29 heavy (non-hydrogen) atoms. The molecule has 1 fully saturated rings. The number of hydrogen-bond acceptors (Lipinski definition) is 4. The molecule has 0 N–H and O–H groups in total. The van der Waals surface area contributed by atoms with Gasteiger partial charge in [-0.2, -0.15) is 0 Å². The largest absolute Gasteiger partial charge is 0.485 e. The number of hydrogen-bond donors (Lipinski definition) is 0. The van der Waals surface area contributed by atoms with E-state index in [1.807, 2.05) is 30.3 Å². The number of anilines is 2. The summed E-state index contributed by atoms with van der Waals surface area (Å²) >= 11 is 0. The Morgan fingerprint density at radius 3 is 2.62 bits per heavy atom. The average Bonchev–Trinajstić information content (AvgIpc) is 3.18. The van der Waals surface area contributed by atoms with Gasteiger partial charge in [0.25, 0.3) is 5.91 Å². The van der Waals surface area contributed by atoms with Gasteiger partial charge in [0.05, 0.1) is 18.8 Å². The fourth-order valence-corrected chi connectivity index (χ4v) is 4.09. The molecule has 2 heterocycles. The first-order chi connectivity index (χ1) is 14.1. The first-order valence-corrected chi connectivity index (χ1v) is 10.2. The molecule has 2 aromatic rings. The second kappa shape index (κ2) is 8.15. The standard InChI is InChI=1S/C23H27N3O3/c1-3-25-16-19(29-21-8-5-4-7-20(21)25)15-24(2)23(28)17-10-12-18(13-11-17)26-14-6-9-22(26)27/h4-5,7-8,10-13,19H,3,6,9,14-16H2,1-2H3/t19-/m0/s1. The zero-order valence-electron chi connectivity index (χ0n) is 17.0. The van der Waals surface area contributed by atoms with E-state index in [0.717, 1.165) is 43.2 Å². The van der Waals surface area contributed by atoms with Gasteiger partial charge in [0.1, 0.15) is 11.9 Å². The van der Waals surface area contributed by atoms with Gasteiger partial charge in [-0.15, -0.1) is 0 Å². The van der Waals surface area contributed by atoms with E-state index in [4.69, 9.17) is 4.74 Å².